The van der Waals surface area contributed by atoms with Crippen molar-refractivity contribution in [2.45, 2.75) is 30.0 Å². The summed E-state index contributed by atoms with van der Waals surface area (Å²) in [6, 6.07) is 13.7. The molecule has 2 aliphatic rings. The molecule has 4 unspecified atom stereocenters. The lowest BCUT2D eigenvalue weighted by Crippen LogP contribution is -2.23. The van der Waals surface area contributed by atoms with Crippen LogP contribution in [0.4, 0.5) is 5.95 Å². The molecule has 1 aromatic heterocycles. The average molecular weight is 394 g/mol. The molecule has 0 saturated heterocycles. The van der Waals surface area contributed by atoms with Gasteiger partial charge in [-0.1, -0.05) is 30.3 Å². The van der Waals surface area contributed by atoms with Crippen LogP contribution < -0.4 is 19.9 Å². The minimum absolute atomic E-state index is 0.147. The molecule has 8 nitrogen and oxygen atoms in total. The summed E-state index contributed by atoms with van der Waals surface area (Å²) in [7, 11) is 3.20. The van der Waals surface area contributed by atoms with Crippen molar-refractivity contribution in [2.75, 3.05) is 20.0 Å². The second kappa shape index (κ2) is 6.66. The van der Waals surface area contributed by atoms with E-state index in [9.17, 15) is 5.11 Å². The number of aliphatic hydroxyl groups excluding tert-OH is 1. The van der Waals surface area contributed by atoms with E-state index in [0.717, 1.165) is 11.1 Å². The highest BCUT2D eigenvalue weighted by atomic mass is 16.5. The summed E-state index contributed by atoms with van der Waals surface area (Å²) < 4.78 is 17.4. The molecule has 1 saturated carbocycles. The average Bonchev–Trinajstić information content (AvgIpc) is 3.41. The van der Waals surface area contributed by atoms with Crippen LogP contribution in [0.15, 0.2) is 42.5 Å². The zero-order valence-corrected chi connectivity index (χ0v) is 16.1. The third-order valence-corrected chi connectivity index (χ3v) is 5.98. The molecule has 0 spiro atoms. The standard InChI is InChI=1S/C21H22N4O4/c1-27-11-8-12(28-2)15-13(9-11)29-19-14(10-6-4-3-5-7-10)17(18(26)16(15)19)20-23-21(22)25-24-20/h3-9,14,16-19,26H,1-2H3,(H3,22,23,24,25)/t14-,16?,17?,18?,19?/m1/s1. The van der Waals surface area contributed by atoms with E-state index in [1.165, 1.54) is 0 Å². The lowest BCUT2D eigenvalue weighted by molar-refractivity contribution is 0.130. The molecule has 150 valence electrons. The topological polar surface area (TPSA) is 116 Å². The first-order valence-electron chi connectivity index (χ1n) is 9.46. The van der Waals surface area contributed by atoms with Crippen molar-refractivity contribution in [3.8, 4) is 17.2 Å². The summed E-state index contributed by atoms with van der Waals surface area (Å²) in [5, 5.41) is 19.5. The molecule has 29 heavy (non-hydrogen) atoms. The summed E-state index contributed by atoms with van der Waals surface area (Å²) in [5.74, 6) is 1.94. The number of anilines is 1. The van der Waals surface area contributed by atoms with Crippen LogP contribution in [-0.4, -0.2) is 46.7 Å². The molecular weight excluding hydrogens is 372 g/mol. The lowest BCUT2D eigenvalue weighted by atomic mass is 9.86. The van der Waals surface area contributed by atoms with Gasteiger partial charge in [-0.05, 0) is 5.56 Å². The molecule has 8 heteroatoms. The summed E-state index contributed by atoms with van der Waals surface area (Å²) in [4.78, 5) is 3.00. The molecule has 3 aromatic rings. The Labute approximate surface area is 167 Å². The Balaban J connectivity index is 1.66. The smallest absolute Gasteiger partial charge is 0.219 e. The highest BCUT2D eigenvalue weighted by Gasteiger charge is 2.58. The molecule has 0 amide bonds. The van der Waals surface area contributed by atoms with Crippen LogP contribution >= 0.6 is 0 Å². The van der Waals surface area contributed by atoms with E-state index in [0.29, 0.717) is 23.1 Å². The van der Waals surface area contributed by atoms with Gasteiger partial charge in [0.1, 0.15) is 29.2 Å². The number of aromatic amines is 1. The predicted molar refractivity (Wildman–Crippen MR) is 105 cm³/mol. The summed E-state index contributed by atoms with van der Waals surface area (Å²) in [6.07, 6.45) is -1.05. The van der Waals surface area contributed by atoms with Crippen LogP contribution in [-0.2, 0) is 0 Å². The molecule has 1 aliphatic heterocycles. The number of aromatic nitrogens is 3. The van der Waals surface area contributed by atoms with Gasteiger partial charge in [0, 0.05) is 23.6 Å². The van der Waals surface area contributed by atoms with E-state index >= 15 is 0 Å². The fraction of sp³-hybridized carbons (Fsp3) is 0.333. The normalized spacial score (nSPS) is 27.2. The van der Waals surface area contributed by atoms with Crippen LogP contribution in [0, 0.1) is 0 Å². The summed E-state index contributed by atoms with van der Waals surface area (Å²) in [6.45, 7) is 0. The maximum absolute atomic E-state index is 11.5. The second-order valence-electron chi connectivity index (χ2n) is 7.40. The predicted octanol–water partition coefficient (Wildman–Crippen LogP) is 2.19. The van der Waals surface area contributed by atoms with Crippen LogP contribution in [0.25, 0.3) is 0 Å². The molecule has 5 atom stereocenters. The molecule has 1 aliphatic carbocycles. The van der Waals surface area contributed by atoms with Crippen LogP contribution in [0.2, 0.25) is 0 Å². The quantitative estimate of drug-likeness (QED) is 0.621. The fourth-order valence-corrected chi connectivity index (χ4v) is 4.82. The van der Waals surface area contributed by atoms with E-state index < -0.39 is 6.10 Å². The Morgan fingerprint density at radius 3 is 2.48 bits per heavy atom. The number of hydrogen-bond acceptors (Lipinski definition) is 7. The number of ether oxygens (including phenoxy) is 3. The SMILES string of the molecule is COc1cc(OC)c2c(c1)OC1C2C(O)C(c2nnc(N)[nH]2)[C@H]1c1ccccc1. The number of aliphatic hydroxyl groups is 1. The van der Waals surface area contributed by atoms with Crippen molar-refractivity contribution in [1.29, 1.82) is 0 Å². The fourth-order valence-electron chi connectivity index (χ4n) is 4.82. The monoisotopic (exact) mass is 394 g/mol. The van der Waals surface area contributed by atoms with E-state index in [-0.39, 0.29) is 29.8 Å². The van der Waals surface area contributed by atoms with Crippen LogP contribution in [0.5, 0.6) is 17.2 Å². The van der Waals surface area contributed by atoms with Gasteiger partial charge < -0.3 is 30.0 Å². The van der Waals surface area contributed by atoms with Crippen molar-refractivity contribution >= 4 is 5.95 Å². The van der Waals surface area contributed by atoms with E-state index in [1.54, 1.807) is 14.2 Å². The Hall–Kier alpha value is -3.26. The van der Waals surface area contributed by atoms with Gasteiger partial charge in [0.15, 0.2) is 0 Å². The van der Waals surface area contributed by atoms with Gasteiger partial charge >= 0.3 is 0 Å². The Morgan fingerprint density at radius 2 is 1.83 bits per heavy atom. The van der Waals surface area contributed by atoms with Gasteiger partial charge in [0.25, 0.3) is 0 Å². The van der Waals surface area contributed by atoms with E-state index in [4.69, 9.17) is 19.9 Å². The molecule has 1 fully saturated rings. The Morgan fingerprint density at radius 1 is 1.03 bits per heavy atom. The van der Waals surface area contributed by atoms with E-state index in [1.807, 2.05) is 42.5 Å². The molecule has 2 heterocycles. The van der Waals surface area contributed by atoms with E-state index in [2.05, 4.69) is 15.2 Å². The maximum atomic E-state index is 11.5. The number of hydrogen-bond donors (Lipinski definition) is 3. The Bertz CT molecular complexity index is 1040. The number of rotatable bonds is 4. The Kier molecular flexibility index (Phi) is 4.09. The van der Waals surface area contributed by atoms with Gasteiger partial charge in [-0.2, -0.15) is 0 Å². The summed E-state index contributed by atoms with van der Waals surface area (Å²) >= 11 is 0. The van der Waals surface area contributed by atoms with Crippen LogP contribution in [0.3, 0.4) is 0 Å². The molecule has 0 radical (unpaired) electrons. The van der Waals surface area contributed by atoms with Gasteiger partial charge in [0.2, 0.25) is 5.95 Å². The zero-order chi connectivity index (χ0) is 20.1. The molecule has 2 aromatic carbocycles. The van der Waals surface area contributed by atoms with Crippen molar-refractivity contribution in [3.05, 3.63) is 59.4 Å². The largest absolute Gasteiger partial charge is 0.496 e. The number of nitrogen functional groups attached to an aromatic ring is 1. The number of nitrogens with one attached hydrogen (secondary N) is 1. The first-order chi connectivity index (χ1) is 14.1. The van der Waals surface area contributed by atoms with Gasteiger partial charge in [-0.3, -0.25) is 0 Å². The maximum Gasteiger partial charge on any atom is 0.219 e. The number of H-pyrrole nitrogens is 1. The number of nitrogens with two attached hydrogens (primary N) is 1. The third-order valence-electron chi connectivity index (χ3n) is 5.98. The lowest BCUT2D eigenvalue weighted by Gasteiger charge is -2.24. The number of nitrogens with zero attached hydrogens (tertiary/aromatic N) is 2. The highest BCUT2D eigenvalue weighted by Crippen LogP contribution is 2.60. The van der Waals surface area contributed by atoms with Crippen molar-refractivity contribution in [2.24, 2.45) is 0 Å². The van der Waals surface area contributed by atoms with Gasteiger partial charge in [-0.15, -0.1) is 10.2 Å². The van der Waals surface area contributed by atoms with Crippen molar-refractivity contribution < 1.29 is 19.3 Å². The molecule has 0 bridgehead atoms. The number of fused-ring (bicyclic) bond motifs is 3. The van der Waals surface area contributed by atoms with Gasteiger partial charge in [-0.25, -0.2) is 0 Å². The first kappa shape index (κ1) is 17.8. The first-order valence-corrected chi connectivity index (χ1v) is 9.46. The zero-order valence-electron chi connectivity index (χ0n) is 16.1. The van der Waals surface area contributed by atoms with Gasteiger partial charge in [0.05, 0.1) is 32.2 Å². The van der Waals surface area contributed by atoms with Crippen molar-refractivity contribution in [1.82, 2.24) is 15.2 Å². The van der Waals surface area contributed by atoms with Crippen molar-refractivity contribution in [3.63, 3.8) is 0 Å². The molecule has 4 N–H and O–H groups in total. The molecule has 5 rings (SSSR count). The van der Waals surface area contributed by atoms with Crippen LogP contribution in [0.1, 0.15) is 34.7 Å². The number of methoxy groups -OCH3 is 2. The second-order valence-corrected chi connectivity index (χ2v) is 7.40. The highest BCUT2D eigenvalue weighted by molar-refractivity contribution is 5.58. The minimum atomic E-state index is -0.763. The third kappa shape index (κ3) is 2.63. The minimum Gasteiger partial charge on any atom is -0.496 e. The molecular formula is C21H22N4O4. The number of benzene rings is 2. The summed E-state index contributed by atoms with van der Waals surface area (Å²) in [5.41, 5.74) is 7.67.